The van der Waals surface area contributed by atoms with Gasteiger partial charge in [-0.2, -0.15) is 0 Å². The van der Waals surface area contributed by atoms with Crippen LogP contribution in [0.5, 0.6) is 0 Å². The molecular weight excluding hydrogens is 269 g/mol. The van der Waals surface area contributed by atoms with Crippen molar-refractivity contribution in [1.82, 2.24) is 5.32 Å². The van der Waals surface area contributed by atoms with Crippen molar-refractivity contribution >= 4 is 17.4 Å². The first kappa shape index (κ1) is 14.8. The van der Waals surface area contributed by atoms with Gasteiger partial charge in [0.15, 0.2) is 0 Å². The normalized spacial score (nSPS) is 10.2. The Morgan fingerprint density at radius 2 is 2.05 bits per heavy atom. The standard InChI is InChI=1S/C16H18FN3O/c1-11-9-13(17)6-5-12(11)7-8-19-16(21)20-15-4-2-3-14(18)10-15/h2-6,9-10H,7-8,18H2,1H3,(H2,19,20,21). The molecule has 0 fully saturated rings. The van der Waals surface area contributed by atoms with Gasteiger partial charge in [0.25, 0.3) is 0 Å². The molecule has 4 N–H and O–H groups in total. The first-order valence-electron chi connectivity index (χ1n) is 6.70. The highest BCUT2D eigenvalue weighted by Gasteiger charge is 2.03. The fraction of sp³-hybridized carbons (Fsp3) is 0.188. The molecule has 0 saturated carbocycles. The third-order valence-corrected chi connectivity index (χ3v) is 3.13. The topological polar surface area (TPSA) is 67.2 Å². The van der Waals surface area contributed by atoms with Crippen LogP contribution in [0.1, 0.15) is 11.1 Å². The summed E-state index contributed by atoms with van der Waals surface area (Å²) >= 11 is 0. The van der Waals surface area contributed by atoms with E-state index < -0.39 is 0 Å². The third-order valence-electron chi connectivity index (χ3n) is 3.13. The van der Waals surface area contributed by atoms with Gasteiger partial charge < -0.3 is 16.4 Å². The molecule has 2 rings (SSSR count). The second-order valence-corrected chi connectivity index (χ2v) is 4.83. The molecule has 110 valence electrons. The van der Waals surface area contributed by atoms with Crippen LogP contribution in [-0.2, 0) is 6.42 Å². The zero-order valence-corrected chi connectivity index (χ0v) is 11.8. The van der Waals surface area contributed by atoms with Gasteiger partial charge in [-0.15, -0.1) is 0 Å². The molecule has 0 bridgehead atoms. The van der Waals surface area contributed by atoms with E-state index in [0.29, 0.717) is 24.3 Å². The SMILES string of the molecule is Cc1cc(F)ccc1CCNC(=O)Nc1cccc(N)c1. The van der Waals surface area contributed by atoms with Crippen molar-refractivity contribution in [1.29, 1.82) is 0 Å². The summed E-state index contributed by atoms with van der Waals surface area (Å²) in [4.78, 5) is 11.7. The zero-order valence-electron chi connectivity index (χ0n) is 11.8. The molecule has 0 aliphatic rings. The number of urea groups is 1. The minimum atomic E-state index is -0.291. The quantitative estimate of drug-likeness (QED) is 0.756. The summed E-state index contributed by atoms with van der Waals surface area (Å²) in [5, 5.41) is 5.46. The van der Waals surface area contributed by atoms with E-state index in [0.717, 1.165) is 11.1 Å². The number of anilines is 2. The molecule has 0 spiro atoms. The van der Waals surface area contributed by atoms with Crippen molar-refractivity contribution in [2.75, 3.05) is 17.6 Å². The molecule has 0 atom stereocenters. The van der Waals surface area contributed by atoms with Crippen LogP contribution in [0.4, 0.5) is 20.6 Å². The van der Waals surface area contributed by atoms with Gasteiger partial charge in [-0.3, -0.25) is 0 Å². The van der Waals surface area contributed by atoms with E-state index in [4.69, 9.17) is 5.73 Å². The number of nitrogens with one attached hydrogen (secondary N) is 2. The molecule has 0 aromatic heterocycles. The van der Waals surface area contributed by atoms with Crippen LogP contribution in [0.15, 0.2) is 42.5 Å². The summed E-state index contributed by atoms with van der Waals surface area (Å²) in [5.74, 6) is -0.247. The van der Waals surface area contributed by atoms with E-state index in [2.05, 4.69) is 10.6 Å². The van der Waals surface area contributed by atoms with Gasteiger partial charge in [-0.25, -0.2) is 9.18 Å². The fourth-order valence-electron chi connectivity index (χ4n) is 2.04. The number of benzene rings is 2. The third kappa shape index (κ3) is 4.49. The van der Waals surface area contributed by atoms with E-state index in [-0.39, 0.29) is 11.8 Å². The van der Waals surface area contributed by atoms with Gasteiger partial charge in [0.05, 0.1) is 0 Å². The molecule has 4 nitrogen and oxygen atoms in total. The molecule has 2 aromatic rings. The molecule has 0 aliphatic carbocycles. The Balaban J connectivity index is 1.81. The van der Waals surface area contributed by atoms with Crippen LogP contribution in [0.3, 0.4) is 0 Å². The van der Waals surface area contributed by atoms with E-state index >= 15 is 0 Å². The second-order valence-electron chi connectivity index (χ2n) is 4.83. The molecule has 5 heteroatoms. The average molecular weight is 287 g/mol. The molecule has 0 aliphatic heterocycles. The number of aryl methyl sites for hydroxylation is 1. The van der Waals surface area contributed by atoms with Gasteiger partial charge in [0.2, 0.25) is 0 Å². The number of hydrogen-bond acceptors (Lipinski definition) is 2. The van der Waals surface area contributed by atoms with Crippen molar-refractivity contribution in [3.63, 3.8) is 0 Å². The summed E-state index contributed by atoms with van der Waals surface area (Å²) in [7, 11) is 0. The maximum atomic E-state index is 13.0. The van der Waals surface area contributed by atoms with Crippen LogP contribution in [0.2, 0.25) is 0 Å². The smallest absolute Gasteiger partial charge is 0.319 e. The monoisotopic (exact) mass is 287 g/mol. The summed E-state index contributed by atoms with van der Waals surface area (Å²) in [6.07, 6.45) is 0.649. The summed E-state index contributed by atoms with van der Waals surface area (Å²) in [6.45, 7) is 2.33. The number of nitrogens with two attached hydrogens (primary N) is 1. The molecule has 0 radical (unpaired) electrons. The van der Waals surface area contributed by atoms with Crippen LogP contribution in [0, 0.1) is 12.7 Å². The highest BCUT2D eigenvalue weighted by Crippen LogP contribution is 2.12. The first-order valence-corrected chi connectivity index (χ1v) is 6.70. The maximum absolute atomic E-state index is 13.0. The van der Waals surface area contributed by atoms with Crippen LogP contribution >= 0.6 is 0 Å². The Morgan fingerprint density at radius 3 is 2.76 bits per heavy atom. The van der Waals surface area contributed by atoms with E-state index in [1.807, 2.05) is 6.92 Å². The van der Waals surface area contributed by atoms with Crippen molar-refractivity contribution < 1.29 is 9.18 Å². The van der Waals surface area contributed by atoms with Gasteiger partial charge in [-0.05, 0) is 54.8 Å². The Morgan fingerprint density at radius 1 is 1.24 bits per heavy atom. The summed E-state index contributed by atoms with van der Waals surface area (Å²) < 4.78 is 13.0. The number of carbonyl (C=O) groups excluding carboxylic acids is 1. The number of hydrogen-bond donors (Lipinski definition) is 3. The summed E-state index contributed by atoms with van der Waals surface area (Å²) in [5.41, 5.74) is 8.77. The minimum absolute atomic E-state index is 0.247. The summed E-state index contributed by atoms with van der Waals surface area (Å²) in [6, 6.07) is 11.3. The second kappa shape index (κ2) is 6.74. The zero-order chi connectivity index (χ0) is 15.2. The number of nitrogen functional groups attached to an aromatic ring is 1. The van der Waals surface area contributed by atoms with Gasteiger partial charge in [0, 0.05) is 17.9 Å². The van der Waals surface area contributed by atoms with Crippen LogP contribution in [0.25, 0.3) is 0 Å². The molecule has 21 heavy (non-hydrogen) atoms. The maximum Gasteiger partial charge on any atom is 0.319 e. The molecular formula is C16H18FN3O. The lowest BCUT2D eigenvalue weighted by Crippen LogP contribution is -2.30. The highest BCUT2D eigenvalue weighted by atomic mass is 19.1. The number of carbonyl (C=O) groups is 1. The van der Waals surface area contributed by atoms with Crippen LogP contribution < -0.4 is 16.4 Å². The van der Waals surface area contributed by atoms with Gasteiger partial charge in [0.1, 0.15) is 5.82 Å². The number of rotatable bonds is 4. The van der Waals surface area contributed by atoms with E-state index in [1.54, 1.807) is 30.3 Å². The Hall–Kier alpha value is -2.56. The van der Waals surface area contributed by atoms with Crippen molar-refractivity contribution in [2.45, 2.75) is 13.3 Å². The molecule has 2 amide bonds. The minimum Gasteiger partial charge on any atom is -0.399 e. The Labute approximate surface area is 123 Å². The van der Waals surface area contributed by atoms with Crippen LogP contribution in [-0.4, -0.2) is 12.6 Å². The number of amides is 2. The lowest BCUT2D eigenvalue weighted by molar-refractivity contribution is 0.252. The largest absolute Gasteiger partial charge is 0.399 e. The fourth-order valence-corrected chi connectivity index (χ4v) is 2.04. The number of halogens is 1. The Bertz CT molecular complexity index is 643. The Kier molecular flexibility index (Phi) is 4.77. The average Bonchev–Trinajstić information content (AvgIpc) is 2.41. The van der Waals surface area contributed by atoms with E-state index in [1.165, 1.54) is 12.1 Å². The predicted molar refractivity (Wildman–Crippen MR) is 82.7 cm³/mol. The molecule has 0 saturated heterocycles. The van der Waals surface area contributed by atoms with Gasteiger partial charge >= 0.3 is 6.03 Å². The lowest BCUT2D eigenvalue weighted by Gasteiger charge is -2.09. The predicted octanol–water partition coefficient (Wildman–Crippen LogP) is 3.08. The van der Waals surface area contributed by atoms with Crippen molar-refractivity contribution in [3.8, 4) is 0 Å². The lowest BCUT2D eigenvalue weighted by atomic mass is 10.1. The molecule has 0 unspecified atom stereocenters. The van der Waals surface area contributed by atoms with Crippen molar-refractivity contribution in [3.05, 3.63) is 59.4 Å². The first-order chi connectivity index (χ1) is 10.0. The van der Waals surface area contributed by atoms with Crippen molar-refractivity contribution in [2.24, 2.45) is 0 Å². The van der Waals surface area contributed by atoms with E-state index in [9.17, 15) is 9.18 Å². The molecule has 2 aromatic carbocycles. The van der Waals surface area contributed by atoms with Gasteiger partial charge in [-0.1, -0.05) is 12.1 Å². The molecule has 0 heterocycles. The highest BCUT2D eigenvalue weighted by molar-refractivity contribution is 5.89.